The summed E-state index contributed by atoms with van der Waals surface area (Å²) in [6.07, 6.45) is 1.96. The lowest BCUT2D eigenvalue weighted by Gasteiger charge is -2.17. The van der Waals surface area contributed by atoms with E-state index in [4.69, 9.17) is 16.3 Å². The largest absolute Gasteiger partial charge is 0.495 e. The van der Waals surface area contributed by atoms with E-state index in [1.165, 1.54) is 0 Å². The first-order valence-electron chi connectivity index (χ1n) is 7.20. The molecular weight excluding hydrogens is 316 g/mol. The number of hydrogen-bond acceptors (Lipinski definition) is 4. The molecular formula is C16H21ClN4O2. The van der Waals surface area contributed by atoms with E-state index in [1.54, 1.807) is 30.0 Å². The van der Waals surface area contributed by atoms with Crippen LogP contribution in [0.1, 0.15) is 11.3 Å². The maximum Gasteiger partial charge on any atom is 0.238 e. The smallest absolute Gasteiger partial charge is 0.238 e. The first-order chi connectivity index (χ1) is 10.9. The number of amides is 1. The van der Waals surface area contributed by atoms with Crippen LogP contribution in [0.3, 0.4) is 0 Å². The summed E-state index contributed by atoms with van der Waals surface area (Å²) < 4.78 is 7.00. The Morgan fingerprint density at radius 3 is 2.83 bits per heavy atom. The van der Waals surface area contributed by atoms with Crippen molar-refractivity contribution < 1.29 is 9.53 Å². The fraction of sp³-hybridized carbons (Fsp3) is 0.375. The van der Waals surface area contributed by atoms with Gasteiger partial charge < -0.3 is 10.1 Å². The molecule has 1 aromatic heterocycles. The van der Waals surface area contributed by atoms with E-state index in [0.29, 0.717) is 23.0 Å². The molecule has 0 saturated carbocycles. The van der Waals surface area contributed by atoms with Crippen LogP contribution < -0.4 is 10.1 Å². The van der Waals surface area contributed by atoms with E-state index in [2.05, 4.69) is 10.4 Å². The molecule has 0 radical (unpaired) electrons. The normalized spacial score (nSPS) is 10.9. The summed E-state index contributed by atoms with van der Waals surface area (Å²) in [5.41, 5.74) is 2.63. The van der Waals surface area contributed by atoms with Gasteiger partial charge in [0.1, 0.15) is 5.75 Å². The second-order valence-corrected chi connectivity index (χ2v) is 5.91. The number of nitrogens with zero attached hydrogens (tertiary/aromatic N) is 3. The summed E-state index contributed by atoms with van der Waals surface area (Å²) in [4.78, 5) is 14.1. The number of carbonyl (C=O) groups is 1. The van der Waals surface area contributed by atoms with Crippen molar-refractivity contribution in [3.8, 4) is 5.75 Å². The van der Waals surface area contributed by atoms with E-state index < -0.39 is 0 Å². The van der Waals surface area contributed by atoms with Gasteiger partial charge in [0.2, 0.25) is 5.91 Å². The van der Waals surface area contributed by atoms with E-state index in [0.717, 1.165) is 11.3 Å². The standard InChI is InChI=1S/C16H21ClN4O2/c1-11-12(9-21(3)19-11)8-20(2)10-16(22)18-14-7-13(17)5-6-15(14)23-4/h5-7,9H,8,10H2,1-4H3,(H,18,22). The highest BCUT2D eigenvalue weighted by molar-refractivity contribution is 6.31. The van der Waals surface area contributed by atoms with Gasteiger partial charge in [-0.05, 0) is 32.2 Å². The fourth-order valence-corrected chi connectivity index (χ4v) is 2.54. The summed E-state index contributed by atoms with van der Waals surface area (Å²) in [6.45, 7) is 2.86. The van der Waals surface area contributed by atoms with Crippen LogP contribution in [0.4, 0.5) is 5.69 Å². The lowest BCUT2D eigenvalue weighted by Crippen LogP contribution is -2.30. The molecule has 1 N–H and O–H groups in total. The van der Waals surface area contributed by atoms with Crippen LogP contribution in [-0.2, 0) is 18.4 Å². The summed E-state index contributed by atoms with van der Waals surface area (Å²) in [5.74, 6) is 0.447. The number of aryl methyl sites for hydroxylation is 2. The predicted molar refractivity (Wildman–Crippen MR) is 90.9 cm³/mol. The van der Waals surface area contributed by atoms with Crippen molar-refractivity contribution in [1.29, 1.82) is 0 Å². The minimum absolute atomic E-state index is 0.130. The Balaban J connectivity index is 1.96. The monoisotopic (exact) mass is 336 g/mol. The molecule has 1 amide bonds. The second kappa shape index (κ2) is 7.48. The van der Waals surface area contributed by atoms with Crippen molar-refractivity contribution in [2.75, 3.05) is 26.0 Å². The molecule has 0 aliphatic heterocycles. The van der Waals surface area contributed by atoms with Crippen LogP contribution in [0.2, 0.25) is 5.02 Å². The number of likely N-dealkylation sites (N-methyl/N-ethyl adjacent to an activating group) is 1. The van der Waals surface area contributed by atoms with Crippen molar-refractivity contribution in [1.82, 2.24) is 14.7 Å². The number of aromatic nitrogens is 2. The molecule has 7 heteroatoms. The zero-order chi connectivity index (χ0) is 17.0. The maximum atomic E-state index is 12.2. The predicted octanol–water partition coefficient (Wildman–Crippen LogP) is 2.46. The van der Waals surface area contributed by atoms with Crippen molar-refractivity contribution in [2.24, 2.45) is 7.05 Å². The molecule has 0 unspecified atom stereocenters. The van der Waals surface area contributed by atoms with Gasteiger partial charge in [-0.2, -0.15) is 5.10 Å². The van der Waals surface area contributed by atoms with Crippen LogP contribution in [-0.4, -0.2) is 41.3 Å². The highest BCUT2D eigenvalue weighted by Crippen LogP contribution is 2.27. The van der Waals surface area contributed by atoms with Gasteiger partial charge in [-0.1, -0.05) is 11.6 Å². The van der Waals surface area contributed by atoms with Gasteiger partial charge in [0.25, 0.3) is 0 Å². The van der Waals surface area contributed by atoms with E-state index >= 15 is 0 Å². The van der Waals surface area contributed by atoms with Gasteiger partial charge >= 0.3 is 0 Å². The Hall–Kier alpha value is -2.05. The number of halogens is 1. The molecule has 1 heterocycles. The van der Waals surface area contributed by atoms with Crippen LogP contribution in [0.25, 0.3) is 0 Å². The number of rotatable bonds is 6. The second-order valence-electron chi connectivity index (χ2n) is 5.48. The van der Waals surface area contributed by atoms with Crippen molar-refractivity contribution in [3.05, 3.63) is 40.7 Å². The molecule has 0 aliphatic rings. The summed E-state index contributed by atoms with van der Waals surface area (Å²) >= 11 is 5.96. The molecule has 2 rings (SSSR count). The quantitative estimate of drug-likeness (QED) is 0.880. The van der Waals surface area contributed by atoms with E-state index in [1.807, 2.05) is 32.1 Å². The Morgan fingerprint density at radius 1 is 1.48 bits per heavy atom. The number of nitrogens with one attached hydrogen (secondary N) is 1. The van der Waals surface area contributed by atoms with Crippen molar-refractivity contribution in [2.45, 2.75) is 13.5 Å². The molecule has 0 bridgehead atoms. The van der Waals surface area contributed by atoms with Crippen LogP contribution in [0.5, 0.6) is 5.75 Å². The summed E-state index contributed by atoms with van der Waals surface area (Å²) in [5, 5.41) is 7.67. The highest BCUT2D eigenvalue weighted by Gasteiger charge is 2.12. The van der Waals surface area contributed by atoms with Crippen LogP contribution >= 0.6 is 11.6 Å². The van der Waals surface area contributed by atoms with Crippen LogP contribution in [0.15, 0.2) is 24.4 Å². The molecule has 0 spiro atoms. The van der Waals surface area contributed by atoms with E-state index in [9.17, 15) is 4.79 Å². The third-order valence-corrected chi connectivity index (χ3v) is 3.64. The first-order valence-corrected chi connectivity index (χ1v) is 7.58. The molecule has 1 aromatic carbocycles. The number of benzene rings is 1. The molecule has 0 aliphatic carbocycles. The summed E-state index contributed by atoms with van der Waals surface area (Å²) in [6, 6.07) is 5.11. The molecule has 0 fully saturated rings. The van der Waals surface area contributed by atoms with Gasteiger partial charge in [-0.3, -0.25) is 14.4 Å². The number of anilines is 1. The number of hydrogen-bond donors (Lipinski definition) is 1. The van der Waals surface area contributed by atoms with Gasteiger partial charge in [-0.15, -0.1) is 0 Å². The number of methoxy groups -OCH3 is 1. The Morgan fingerprint density at radius 2 is 2.22 bits per heavy atom. The van der Waals surface area contributed by atoms with E-state index in [-0.39, 0.29) is 12.5 Å². The molecule has 124 valence electrons. The number of ether oxygens (including phenoxy) is 1. The third-order valence-electron chi connectivity index (χ3n) is 3.40. The topological polar surface area (TPSA) is 59.4 Å². The van der Waals surface area contributed by atoms with Gasteiger partial charge in [-0.25, -0.2) is 0 Å². The molecule has 6 nitrogen and oxygen atoms in total. The zero-order valence-corrected chi connectivity index (χ0v) is 14.5. The lowest BCUT2D eigenvalue weighted by atomic mass is 10.2. The summed E-state index contributed by atoms with van der Waals surface area (Å²) in [7, 11) is 5.33. The Kier molecular flexibility index (Phi) is 5.63. The number of carbonyl (C=O) groups excluding carboxylic acids is 1. The molecule has 0 atom stereocenters. The van der Waals surface area contributed by atoms with Gasteiger partial charge in [0.05, 0.1) is 25.0 Å². The maximum absolute atomic E-state index is 12.2. The van der Waals surface area contributed by atoms with Crippen molar-refractivity contribution in [3.63, 3.8) is 0 Å². The van der Waals surface area contributed by atoms with Gasteiger partial charge in [0.15, 0.2) is 0 Å². The minimum Gasteiger partial charge on any atom is -0.495 e. The molecule has 23 heavy (non-hydrogen) atoms. The highest BCUT2D eigenvalue weighted by atomic mass is 35.5. The average Bonchev–Trinajstić information content (AvgIpc) is 2.76. The third kappa shape index (κ3) is 4.71. The lowest BCUT2D eigenvalue weighted by molar-refractivity contribution is -0.117. The van der Waals surface area contributed by atoms with Crippen molar-refractivity contribution >= 4 is 23.2 Å². The molecule has 0 saturated heterocycles. The van der Waals surface area contributed by atoms with Gasteiger partial charge in [0, 0.05) is 30.4 Å². The average molecular weight is 337 g/mol. The Labute approximate surface area is 141 Å². The SMILES string of the molecule is COc1ccc(Cl)cc1NC(=O)CN(C)Cc1cn(C)nc1C. The Bertz CT molecular complexity index is 699. The first kappa shape index (κ1) is 17.3. The zero-order valence-electron chi connectivity index (χ0n) is 13.8. The minimum atomic E-state index is -0.130. The fourth-order valence-electron chi connectivity index (χ4n) is 2.36. The van der Waals surface area contributed by atoms with Crippen LogP contribution in [0, 0.1) is 6.92 Å². The molecule has 2 aromatic rings.